The fraction of sp³-hybridized carbons (Fsp3) is 0.222. The molecule has 2 aliphatic rings. The predicted molar refractivity (Wildman–Crippen MR) is 88.5 cm³/mol. The highest BCUT2D eigenvalue weighted by molar-refractivity contribution is 6.33. The fourth-order valence-electron chi connectivity index (χ4n) is 3.03. The number of ether oxygens (including phenoxy) is 1. The molecule has 0 N–H and O–H groups in total. The molecule has 25 heavy (non-hydrogen) atoms. The number of aromatic nitrogens is 1. The van der Waals surface area contributed by atoms with Gasteiger partial charge in [0.05, 0.1) is 24.5 Å². The van der Waals surface area contributed by atoms with Crippen molar-refractivity contribution in [2.75, 3.05) is 31.2 Å². The fourth-order valence-corrected chi connectivity index (χ4v) is 3.03. The number of amides is 3. The summed E-state index contributed by atoms with van der Waals surface area (Å²) in [6.07, 6.45) is 1.48. The highest BCUT2D eigenvalue weighted by atomic mass is 16.5. The Labute approximate surface area is 143 Å². The summed E-state index contributed by atoms with van der Waals surface area (Å²) in [6, 6.07) is 9.74. The number of hydrogen-bond donors (Lipinski definition) is 0. The predicted octanol–water partition coefficient (Wildman–Crippen LogP) is 1.35. The summed E-state index contributed by atoms with van der Waals surface area (Å²) >= 11 is 0. The van der Waals surface area contributed by atoms with Gasteiger partial charge in [-0.2, -0.15) is 0 Å². The van der Waals surface area contributed by atoms with Crippen molar-refractivity contribution in [3.8, 4) is 0 Å². The molecule has 1 saturated heterocycles. The molecule has 0 aliphatic carbocycles. The van der Waals surface area contributed by atoms with Crippen LogP contribution in [0.2, 0.25) is 0 Å². The van der Waals surface area contributed by atoms with Gasteiger partial charge in [0, 0.05) is 24.8 Å². The molecule has 1 fully saturated rings. The van der Waals surface area contributed by atoms with Crippen molar-refractivity contribution in [2.24, 2.45) is 0 Å². The van der Waals surface area contributed by atoms with Gasteiger partial charge in [0.25, 0.3) is 17.7 Å². The standard InChI is InChI=1S/C18H15N3O4/c22-16(20-7-9-25-10-8-20)12-3-1-4-13(11-12)21-17(23)14-5-2-6-19-15(14)18(21)24/h1-6,11H,7-10H2. The molecule has 0 bridgehead atoms. The van der Waals surface area contributed by atoms with Crippen LogP contribution < -0.4 is 4.90 Å². The van der Waals surface area contributed by atoms with Crippen LogP contribution in [0.15, 0.2) is 42.6 Å². The molecule has 7 nitrogen and oxygen atoms in total. The molecular formula is C18H15N3O4. The van der Waals surface area contributed by atoms with Crippen molar-refractivity contribution in [3.63, 3.8) is 0 Å². The van der Waals surface area contributed by atoms with Crippen molar-refractivity contribution in [1.29, 1.82) is 0 Å². The highest BCUT2D eigenvalue weighted by Gasteiger charge is 2.38. The molecule has 2 aromatic rings. The maximum Gasteiger partial charge on any atom is 0.284 e. The van der Waals surface area contributed by atoms with Crippen LogP contribution in [-0.2, 0) is 4.74 Å². The number of morpholine rings is 1. The Hall–Kier alpha value is -3.06. The summed E-state index contributed by atoms with van der Waals surface area (Å²) in [7, 11) is 0. The zero-order valence-electron chi connectivity index (χ0n) is 13.3. The molecule has 0 atom stereocenters. The van der Waals surface area contributed by atoms with E-state index in [1.54, 1.807) is 41.3 Å². The van der Waals surface area contributed by atoms with Gasteiger partial charge in [0.15, 0.2) is 0 Å². The maximum atomic E-state index is 12.6. The summed E-state index contributed by atoms with van der Waals surface area (Å²) in [4.78, 5) is 44.4. The minimum atomic E-state index is -0.475. The van der Waals surface area contributed by atoms with Crippen molar-refractivity contribution >= 4 is 23.4 Å². The minimum Gasteiger partial charge on any atom is -0.378 e. The number of pyridine rings is 1. The molecule has 1 aromatic heterocycles. The van der Waals surface area contributed by atoms with Crippen molar-refractivity contribution in [2.45, 2.75) is 0 Å². The quantitative estimate of drug-likeness (QED) is 0.773. The Morgan fingerprint density at radius 2 is 1.84 bits per heavy atom. The van der Waals surface area contributed by atoms with Crippen LogP contribution in [0.25, 0.3) is 0 Å². The lowest BCUT2D eigenvalue weighted by atomic mass is 10.1. The molecule has 0 unspecified atom stereocenters. The van der Waals surface area contributed by atoms with Gasteiger partial charge in [0.1, 0.15) is 5.69 Å². The second-order valence-corrected chi connectivity index (χ2v) is 5.80. The topological polar surface area (TPSA) is 79.8 Å². The molecule has 0 saturated carbocycles. The Morgan fingerprint density at radius 1 is 1.04 bits per heavy atom. The first-order valence-electron chi connectivity index (χ1n) is 7.98. The summed E-state index contributed by atoms with van der Waals surface area (Å²) in [5.41, 5.74) is 1.21. The zero-order chi connectivity index (χ0) is 17.4. The van der Waals surface area contributed by atoms with Gasteiger partial charge in [-0.1, -0.05) is 6.07 Å². The van der Waals surface area contributed by atoms with Crippen LogP contribution in [0.1, 0.15) is 31.2 Å². The van der Waals surface area contributed by atoms with E-state index in [2.05, 4.69) is 4.98 Å². The molecule has 1 aromatic carbocycles. The Balaban J connectivity index is 1.65. The van der Waals surface area contributed by atoms with Crippen molar-refractivity contribution in [3.05, 3.63) is 59.4 Å². The molecular weight excluding hydrogens is 322 g/mol. The third kappa shape index (κ3) is 2.58. The highest BCUT2D eigenvalue weighted by Crippen LogP contribution is 2.27. The van der Waals surface area contributed by atoms with Gasteiger partial charge in [-0.3, -0.25) is 19.4 Å². The number of carbonyl (C=O) groups is 3. The van der Waals surface area contributed by atoms with E-state index in [1.165, 1.54) is 6.20 Å². The number of fused-ring (bicyclic) bond motifs is 1. The van der Waals surface area contributed by atoms with E-state index < -0.39 is 11.8 Å². The van der Waals surface area contributed by atoms with Crippen LogP contribution in [-0.4, -0.2) is 53.9 Å². The van der Waals surface area contributed by atoms with Gasteiger partial charge in [-0.15, -0.1) is 0 Å². The van der Waals surface area contributed by atoms with Gasteiger partial charge in [0.2, 0.25) is 0 Å². The Kier molecular flexibility index (Phi) is 3.77. The minimum absolute atomic E-state index is 0.136. The first-order chi connectivity index (χ1) is 12.2. The van der Waals surface area contributed by atoms with E-state index in [-0.39, 0.29) is 17.2 Å². The van der Waals surface area contributed by atoms with Crippen molar-refractivity contribution in [1.82, 2.24) is 9.88 Å². The molecule has 2 aliphatic heterocycles. The van der Waals surface area contributed by atoms with Crippen LogP contribution in [0, 0.1) is 0 Å². The number of carbonyl (C=O) groups excluding carboxylic acids is 3. The van der Waals surface area contributed by atoms with Gasteiger partial charge >= 0.3 is 0 Å². The van der Waals surface area contributed by atoms with Gasteiger partial charge in [-0.05, 0) is 30.3 Å². The summed E-state index contributed by atoms with van der Waals surface area (Å²) in [5, 5.41) is 0. The first kappa shape index (κ1) is 15.5. The lowest BCUT2D eigenvalue weighted by Crippen LogP contribution is -2.40. The Morgan fingerprint density at radius 3 is 2.60 bits per heavy atom. The van der Waals surface area contributed by atoms with Crippen LogP contribution in [0.4, 0.5) is 5.69 Å². The largest absolute Gasteiger partial charge is 0.378 e. The number of rotatable bonds is 2. The van der Waals surface area contributed by atoms with E-state index >= 15 is 0 Å². The second-order valence-electron chi connectivity index (χ2n) is 5.80. The zero-order valence-corrected chi connectivity index (χ0v) is 13.3. The Bertz CT molecular complexity index is 839. The molecule has 126 valence electrons. The number of hydrogen-bond acceptors (Lipinski definition) is 5. The van der Waals surface area contributed by atoms with Crippen LogP contribution in [0.3, 0.4) is 0 Å². The average Bonchev–Trinajstić information content (AvgIpc) is 2.93. The molecule has 7 heteroatoms. The van der Waals surface area contributed by atoms with E-state index in [4.69, 9.17) is 4.74 Å². The molecule has 0 radical (unpaired) electrons. The molecule has 3 amide bonds. The van der Waals surface area contributed by atoms with Gasteiger partial charge < -0.3 is 9.64 Å². The van der Waals surface area contributed by atoms with E-state index in [0.717, 1.165) is 4.90 Å². The monoisotopic (exact) mass is 337 g/mol. The second kappa shape index (κ2) is 6.10. The SMILES string of the molecule is O=C(c1cccc(N2C(=O)c3cccnc3C2=O)c1)N1CCOCC1. The van der Waals surface area contributed by atoms with Crippen LogP contribution >= 0.6 is 0 Å². The van der Waals surface area contributed by atoms with Crippen LogP contribution in [0.5, 0.6) is 0 Å². The van der Waals surface area contributed by atoms with E-state index in [1.807, 2.05) is 0 Å². The van der Waals surface area contributed by atoms with Gasteiger partial charge in [-0.25, -0.2) is 4.90 Å². The maximum absolute atomic E-state index is 12.6. The number of imide groups is 1. The number of benzene rings is 1. The normalized spacial score (nSPS) is 17.0. The molecule has 0 spiro atoms. The number of nitrogens with zero attached hydrogens (tertiary/aromatic N) is 3. The van der Waals surface area contributed by atoms with Crippen molar-refractivity contribution < 1.29 is 19.1 Å². The van der Waals surface area contributed by atoms with E-state index in [9.17, 15) is 14.4 Å². The summed E-state index contributed by atoms with van der Waals surface area (Å²) < 4.78 is 5.26. The molecule has 3 heterocycles. The number of anilines is 1. The average molecular weight is 337 g/mol. The summed E-state index contributed by atoms with van der Waals surface area (Å²) in [5.74, 6) is -1.04. The third-order valence-electron chi connectivity index (χ3n) is 4.30. The van der Waals surface area contributed by atoms with E-state index in [0.29, 0.717) is 37.6 Å². The molecule has 4 rings (SSSR count). The lowest BCUT2D eigenvalue weighted by Gasteiger charge is -2.27. The third-order valence-corrected chi connectivity index (χ3v) is 4.30. The first-order valence-corrected chi connectivity index (χ1v) is 7.98. The summed E-state index contributed by atoms with van der Waals surface area (Å²) in [6.45, 7) is 2.07. The smallest absolute Gasteiger partial charge is 0.284 e. The lowest BCUT2D eigenvalue weighted by molar-refractivity contribution is 0.0303.